The normalized spacial score (nSPS) is 9.79. The molecule has 0 bridgehead atoms. The molecule has 0 unspecified atom stereocenters. The number of carbonyl (C=O) groups excluding carboxylic acids is 1. The van der Waals surface area contributed by atoms with Crippen LogP contribution >= 0.6 is 0 Å². The summed E-state index contributed by atoms with van der Waals surface area (Å²) < 4.78 is 10.2. The molecule has 0 spiro atoms. The first-order chi connectivity index (χ1) is 9.24. The van der Waals surface area contributed by atoms with E-state index in [4.69, 9.17) is 9.47 Å². The van der Waals surface area contributed by atoms with Crippen LogP contribution in [-0.2, 0) is 0 Å². The summed E-state index contributed by atoms with van der Waals surface area (Å²) in [4.78, 5) is 12.1. The van der Waals surface area contributed by atoms with Gasteiger partial charge in [0.25, 0.3) is 5.91 Å². The molecule has 1 N–H and O–H groups in total. The summed E-state index contributed by atoms with van der Waals surface area (Å²) in [5.74, 6) is 1.16. The molecule has 4 heteroatoms. The van der Waals surface area contributed by atoms with E-state index in [9.17, 15) is 4.79 Å². The van der Waals surface area contributed by atoms with Crippen LogP contribution in [0.3, 0.4) is 0 Å². The van der Waals surface area contributed by atoms with E-state index >= 15 is 0 Å². The molecule has 98 valence electrons. The summed E-state index contributed by atoms with van der Waals surface area (Å²) in [5.41, 5.74) is 1.21. The van der Waals surface area contributed by atoms with Gasteiger partial charge in [0.1, 0.15) is 11.5 Å². The fourth-order valence-electron chi connectivity index (χ4n) is 1.68. The lowest BCUT2D eigenvalue weighted by Crippen LogP contribution is -2.12. The molecule has 0 atom stereocenters. The Morgan fingerprint density at radius 1 is 0.947 bits per heavy atom. The van der Waals surface area contributed by atoms with Crippen LogP contribution in [0, 0.1) is 0 Å². The highest BCUT2D eigenvalue weighted by molar-refractivity contribution is 6.05. The van der Waals surface area contributed by atoms with E-state index in [0.29, 0.717) is 22.7 Å². The largest absolute Gasteiger partial charge is 0.497 e. The molecule has 0 aliphatic carbocycles. The van der Waals surface area contributed by atoms with E-state index in [0.717, 1.165) is 0 Å². The predicted molar refractivity (Wildman–Crippen MR) is 73.9 cm³/mol. The summed E-state index contributed by atoms with van der Waals surface area (Å²) in [6, 6.07) is 14.2. The first-order valence-corrected chi connectivity index (χ1v) is 5.83. The second-order valence-electron chi connectivity index (χ2n) is 3.88. The van der Waals surface area contributed by atoms with Crippen molar-refractivity contribution < 1.29 is 14.3 Å². The van der Waals surface area contributed by atoms with Crippen LogP contribution in [0.25, 0.3) is 0 Å². The lowest BCUT2D eigenvalue weighted by molar-refractivity contribution is 0.102. The maximum atomic E-state index is 12.1. The van der Waals surface area contributed by atoms with Gasteiger partial charge < -0.3 is 14.8 Å². The summed E-state index contributed by atoms with van der Waals surface area (Å²) in [6.07, 6.45) is 0. The number of anilines is 1. The van der Waals surface area contributed by atoms with Crippen LogP contribution < -0.4 is 14.8 Å². The van der Waals surface area contributed by atoms with Crippen LogP contribution in [0.1, 0.15) is 10.4 Å². The number of hydrogen-bond donors (Lipinski definition) is 1. The van der Waals surface area contributed by atoms with Gasteiger partial charge in [-0.15, -0.1) is 0 Å². The van der Waals surface area contributed by atoms with Crippen molar-refractivity contribution in [2.75, 3.05) is 19.5 Å². The van der Waals surface area contributed by atoms with Gasteiger partial charge in [-0.05, 0) is 36.4 Å². The molecule has 19 heavy (non-hydrogen) atoms. The third-order valence-electron chi connectivity index (χ3n) is 2.71. The summed E-state index contributed by atoms with van der Waals surface area (Å²) in [5, 5.41) is 2.81. The minimum atomic E-state index is -0.188. The van der Waals surface area contributed by atoms with Crippen LogP contribution in [0.15, 0.2) is 48.5 Å². The Balaban J connectivity index is 2.16. The number of benzene rings is 2. The quantitative estimate of drug-likeness (QED) is 0.916. The van der Waals surface area contributed by atoms with Crippen molar-refractivity contribution >= 4 is 11.6 Å². The van der Waals surface area contributed by atoms with E-state index in [1.807, 2.05) is 12.1 Å². The van der Waals surface area contributed by atoms with E-state index in [1.54, 1.807) is 50.6 Å². The van der Waals surface area contributed by atoms with Gasteiger partial charge in [0.15, 0.2) is 0 Å². The van der Waals surface area contributed by atoms with Crippen LogP contribution in [-0.4, -0.2) is 20.1 Å². The van der Waals surface area contributed by atoms with E-state index in [2.05, 4.69) is 5.32 Å². The Bertz CT molecular complexity index is 564. The molecule has 0 radical (unpaired) electrons. The molecule has 0 fully saturated rings. The zero-order chi connectivity index (χ0) is 13.7. The molecule has 4 nitrogen and oxygen atoms in total. The summed E-state index contributed by atoms with van der Waals surface area (Å²) in [7, 11) is 3.16. The van der Waals surface area contributed by atoms with Crippen molar-refractivity contribution in [2.45, 2.75) is 0 Å². The zero-order valence-electron chi connectivity index (χ0n) is 10.8. The van der Waals surface area contributed by atoms with Gasteiger partial charge in [-0.1, -0.05) is 12.1 Å². The molecule has 0 aromatic heterocycles. The molecule has 0 aliphatic rings. The highest BCUT2D eigenvalue weighted by atomic mass is 16.5. The smallest absolute Gasteiger partial charge is 0.255 e. The topological polar surface area (TPSA) is 47.6 Å². The highest BCUT2D eigenvalue weighted by Crippen LogP contribution is 2.23. The van der Waals surface area contributed by atoms with Gasteiger partial charge in [-0.3, -0.25) is 4.79 Å². The maximum absolute atomic E-state index is 12.1. The lowest BCUT2D eigenvalue weighted by Gasteiger charge is -2.10. The van der Waals surface area contributed by atoms with Crippen molar-refractivity contribution in [3.05, 3.63) is 54.1 Å². The summed E-state index contributed by atoms with van der Waals surface area (Å²) in [6.45, 7) is 0. The number of nitrogens with one attached hydrogen (secondary N) is 1. The monoisotopic (exact) mass is 257 g/mol. The Morgan fingerprint density at radius 3 is 2.26 bits per heavy atom. The third kappa shape index (κ3) is 3.04. The molecule has 0 aliphatic heterocycles. The van der Waals surface area contributed by atoms with Crippen molar-refractivity contribution in [3.63, 3.8) is 0 Å². The number of methoxy groups -OCH3 is 2. The first-order valence-electron chi connectivity index (χ1n) is 5.83. The number of amides is 1. The molecule has 2 aromatic rings. The van der Waals surface area contributed by atoms with Gasteiger partial charge in [-0.25, -0.2) is 0 Å². The average Bonchev–Trinajstić information content (AvgIpc) is 2.48. The molecular weight excluding hydrogens is 242 g/mol. The minimum Gasteiger partial charge on any atom is -0.497 e. The Kier molecular flexibility index (Phi) is 4.03. The predicted octanol–water partition coefficient (Wildman–Crippen LogP) is 2.96. The van der Waals surface area contributed by atoms with Crippen molar-refractivity contribution in [1.29, 1.82) is 0 Å². The molecule has 1 amide bonds. The Morgan fingerprint density at radius 2 is 1.63 bits per heavy atom. The van der Waals surface area contributed by atoms with E-state index < -0.39 is 0 Å². The third-order valence-corrected chi connectivity index (χ3v) is 2.71. The minimum absolute atomic E-state index is 0.188. The maximum Gasteiger partial charge on any atom is 0.255 e. The fourth-order valence-corrected chi connectivity index (χ4v) is 1.68. The van der Waals surface area contributed by atoms with Gasteiger partial charge in [-0.2, -0.15) is 0 Å². The number of hydrogen-bond acceptors (Lipinski definition) is 3. The van der Waals surface area contributed by atoms with Gasteiger partial charge >= 0.3 is 0 Å². The van der Waals surface area contributed by atoms with Crippen LogP contribution in [0.4, 0.5) is 5.69 Å². The standard InChI is InChI=1S/C15H15NO3/c1-18-12-9-7-11(8-10-12)15(17)16-13-5-3-4-6-14(13)19-2/h3-10H,1-2H3,(H,16,17). The number of ether oxygens (including phenoxy) is 2. The van der Waals surface area contributed by atoms with Crippen molar-refractivity contribution in [3.8, 4) is 11.5 Å². The summed E-state index contributed by atoms with van der Waals surface area (Å²) >= 11 is 0. The van der Waals surface area contributed by atoms with Crippen molar-refractivity contribution in [1.82, 2.24) is 0 Å². The molecule has 2 aromatic carbocycles. The lowest BCUT2D eigenvalue weighted by atomic mass is 10.2. The first kappa shape index (κ1) is 13.0. The van der Waals surface area contributed by atoms with Crippen LogP contribution in [0.2, 0.25) is 0 Å². The molecule has 0 saturated heterocycles. The fraction of sp³-hybridized carbons (Fsp3) is 0.133. The highest BCUT2D eigenvalue weighted by Gasteiger charge is 2.09. The van der Waals surface area contributed by atoms with Crippen LogP contribution in [0.5, 0.6) is 11.5 Å². The average molecular weight is 257 g/mol. The Hall–Kier alpha value is -2.49. The Labute approximate surface area is 112 Å². The van der Waals surface area contributed by atoms with Crippen molar-refractivity contribution in [2.24, 2.45) is 0 Å². The van der Waals surface area contributed by atoms with Gasteiger partial charge in [0.2, 0.25) is 0 Å². The molecule has 0 saturated carbocycles. The van der Waals surface area contributed by atoms with Gasteiger partial charge in [0.05, 0.1) is 19.9 Å². The molecule has 0 heterocycles. The SMILES string of the molecule is COc1ccc(C(=O)Nc2ccccc2OC)cc1. The van der Waals surface area contributed by atoms with E-state index in [-0.39, 0.29) is 5.91 Å². The number of rotatable bonds is 4. The zero-order valence-corrected chi connectivity index (χ0v) is 10.8. The number of carbonyl (C=O) groups is 1. The second-order valence-corrected chi connectivity index (χ2v) is 3.88. The van der Waals surface area contributed by atoms with Gasteiger partial charge in [0, 0.05) is 5.56 Å². The van der Waals surface area contributed by atoms with E-state index in [1.165, 1.54) is 0 Å². The molecule has 2 rings (SSSR count). The number of para-hydroxylation sites is 2. The molecular formula is C15H15NO3. The second kappa shape index (κ2) is 5.91.